The molecule has 0 saturated carbocycles. The predicted octanol–water partition coefficient (Wildman–Crippen LogP) is 3.86. The van der Waals surface area contributed by atoms with E-state index in [1.807, 2.05) is 60.7 Å². The van der Waals surface area contributed by atoms with E-state index in [1.54, 1.807) is 0 Å². The fourth-order valence-corrected chi connectivity index (χ4v) is 4.91. The monoisotopic (exact) mass is 446 g/mol. The van der Waals surface area contributed by atoms with Gasteiger partial charge < -0.3 is 9.64 Å². The smallest absolute Gasteiger partial charge is 0.328 e. The molecule has 0 spiro atoms. The van der Waals surface area contributed by atoms with Gasteiger partial charge >= 0.3 is 5.97 Å². The molecule has 1 aliphatic heterocycles. The quantitative estimate of drug-likeness (QED) is 0.419. The summed E-state index contributed by atoms with van der Waals surface area (Å²) in [6.45, 7) is 1.76. The lowest BCUT2D eigenvalue weighted by Crippen LogP contribution is -2.28. The maximum atomic E-state index is 13.2. The summed E-state index contributed by atoms with van der Waals surface area (Å²) >= 11 is 1.49. The Hall–Kier alpha value is -3.52. The number of fused-ring (bicyclic) bond motifs is 1. The summed E-state index contributed by atoms with van der Waals surface area (Å²) in [5.41, 5.74) is 2.38. The van der Waals surface area contributed by atoms with Gasteiger partial charge in [-0.15, -0.1) is 0 Å². The van der Waals surface area contributed by atoms with E-state index in [0.717, 1.165) is 46.9 Å². The van der Waals surface area contributed by atoms with E-state index in [4.69, 9.17) is 4.74 Å². The van der Waals surface area contributed by atoms with Gasteiger partial charge in [0.25, 0.3) is 5.56 Å². The van der Waals surface area contributed by atoms with Crippen molar-refractivity contribution in [3.8, 4) is 11.3 Å². The van der Waals surface area contributed by atoms with Gasteiger partial charge in [-0.25, -0.2) is 9.67 Å². The van der Waals surface area contributed by atoms with Gasteiger partial charge in [0.1, 0.15) is 18.8 Å². The normalized spacial score (nSPS) is 13.6. The van der Waals surface area contributed by atoms with E-state index in [2.05, 4.69) is 15.0 Å². The van der Waals surface area contributed by atoms with E-state index in [9.17, 15) is 9.59 Å². The molecule has 1 aliphatic rings. The molecule has 162 valence electrons. The molecule has 0 atom stereocenters. The second-order valence-corrected chi connectivity index (χ2v) is 8.67. The van der Waals surface area contributed by atoms with Crippen molar-refractivity contribution < 1.29 is 9.53 Å². The molecule has 5 rings (SSSR count). The molecule has 0 N–H and O–H groups in total. The molecule has 1 fully saturated rings. The van der Waals surface area contributed by atoms with Crippen molar-refractivity contribution in [2.75, 3.05) is 18.0 Å². The number of esters is 1. The first-order chi connectivity index (χ1) is 15.7. The van der Waals surface area contributed by atoms with Crippen LogP contribution in [0.25, 0.3) is 21.5 Å². The van der Waals surface area contributed by atoms with Gasteiger partial charge in [-0.3, -0.25) is 9.59 Å². The number of carbonyl (C=O) groups is 1. The summed E-state index contributed by atoms with van der Waals surface area (Å²) in [7, 11) is 0. The number of rotatable bonds is 6. The largest absolute Gasteiger partial charge is 0.459 e. The third-order valence-corrected chi connectivity index (χ3v) is 6.56. The molecule has 0 aliphatic carbocycles. The summed E-state index contributed by atoms with van der Waals surface area (Å²) in [6, 6.07) is 19.1. The second-order valence-electron chi connectivity index (χ2n) is 7.69. The van der Waals surface area contributed by atoms with Crippen LogP contribution in [0.2, 0.25) is 0 Å². The molecule has 0 radical (unpaired) electrons. The molecule has 32 heavy (non-hydrogen) atoms. The first kappa shape index (κ1) is 20.4. The van der Waals surface area contributed by atoms with Crippen LogP contribution < -0.4 is 10.5 Å². The van der Waals surface area contributed by atoms with E-state index in [1.165, 1.54) is 16.0 Å². The summed E-state index contributed by atoms with van der Waals surface area (Å²) < 4.78 is 7.29. The average Bonchev–Trinajstić information content (AvgIpc) is 3.51. The van der Waals surface area contributed by atoms with E-state index in [-0.39, 0.29) is 18.7 Å². The Balaban J connectivity index is 1.50. The summed E-state index contributed by atoms with van der Waals surface area (Å²) in [5.74, 6) is -0.517. The van der Waals surface area contributed by atoms with Gasteiger partial charge in [0.05, 0.1) is 4.70 Å². The minimum absolute atomic E-state index is 0.151. The number of carbonyl (C=O) groups excluding carboxylic acids is 1. The number of hydrogen-bond donors (Lipinski definition) is 0. The molecule has 2 aromatic heterocycles. The minimum atomic E-state index is -0.517. The third kappa shape index (κ3) is 4.13. The average molecular weight is 447 g/mol. The SMILES string of the molecule is O=C(Cn1nc(-c2ccccc2)c2sc(N3CCCC3)nc2c1=O)OCc1ccccc1. The predicted molar refractivity (Wildman–Crippen MR) is 125 cm³/mol. The van der Waals surface area contributed by atoms with Crippen LogP contribution in [-0.2, 0) is 22.7 Å². The Bertz CT molecular complexity index is 1300. The zero-order chi connectivity index (χ0) is 21.9. The maximum Gasteiger partial charge on any atom is 0.328 e. The van der Waals surface area contributed by atoms with Crippen molar-refractivity contribution in [1.29, 1.82) is 0 Å². The first-order valence-electron chi connectivity index (χ1n) is 10.6. The number of thiazole rings is 1. The van der Waals surface area contributed by atoms with Crippen LogP contribution in [0.5, 0.6) is 0 Å². The zero-order valence-electron chi connectivity index (χ0n) is 17.4. The number of hydrogen-bond acceptors (Lipinski definition) is 7. The molecule has 8 heteroatoms. The number of benzene rings is 2. The van der Waals surface area contributed by atoms with Crippen molar-refractivity contribution in [1.82, 2.24) is 14.8 Å². The fraction of sp³-hybridized carbons (Fsp3) is 0.250. The molecular weight excluding hydrogens is 424 g/mol. The van der Waals surface area contributed by atoms with Crippen LogP contribution in [0.1, 0.15) is 18.4 Å². The molecule has 0 bridgehead atoms. The van der Waals surface area contributed by atoms with Crippen molar-refractivity contribution in [3.05, 3.63) is 76.6 Å². The Morgan fingerprint density at radius 1 is 1.00 bits per heavy atom. The van der Waals surface area contributed by atoms with Crippen LogP contribution in [0.4, 0.5) is 5.13 Å². The second kappa shape index (κ2) is 8.92. The highest BCUT2D eigenvalue weighted by Gasteiger charge is 2.22. The number of anilines is 1. The van der Waals surface area contributed by atoms with Crippen LogP contribution >= 0.6 is 11.3 Å². The van der Waals surface area contributed by atoms with Gasteiger partial charge in [0.2, 0.25) is 0 Å². The molecule has 2 aromatic carbocycles. The molecule has 0 amide bonds. The van der Waals surface area contributed by atoms with Crippen molar-refractivity contribution in [3.63, 3.8) is 0 Å². The van der Waals surface area contributed by atoms with Crippen LogP contribution in [0, 0.1) is 0 Å². The van der Waals surface area contributed by atoms with Crippen LogP contribution in [-0.4, -0.2) is 33.8 Å². The highest BCUT2D eigenvalue weighted by molar-refractivity contribution is 7.22. The lowest BCUT2D eigenvalue weighted by Gasteiger charge is -2.11. The van der Waals surface area contributed by atoms with Crippen LogP contribution in [0.3, 0.4) is 0 Å². The molecule has 0 unspecified atom stereocenters. The van der Waals surface area contributed by atoms with E-state index < -0.39 is 5.97 Å². The van der Waals surface area contributed by atoms with Gasteiger partial charge in [0.15, 0.2) is 10.6 Å². The molecule has 7 nitrogen and oxygen atoms in total. The van der Waals surface area contributed by atoms with E-state index >= 15 is 0 Å². The molecule has 1 saturated heterocycles. The number of aromatic nitrogens is 3. The summed E-state index contributed by atoms with van der Waals surface area (Å²) in [5, 5.41) is 5.39. The first-order valence-corrected chi connectivity index (χ1v) is 11.4. The van der Waals surface area contributed by atoms with Crippen LogP contribution in [0.15, 0.2) is 65.5 Å². The highest BCUT2D eigenvalue weighted by atomic mass is 32.1. The summed E-state index contributed by atoms with van der Waals surface area (Å²) in [4.78, 5) is 32.5. The minimum Gasteiger partial charge on any atom is -0.459 e. The Labute approximate surface area is 188 Å². The van der Waals surface area contributed by atoms with Gasteiger partial charge in [0, 0.05) is 18.7 Å². The number of ether oxygens (including phenoxy) is 1. The Morgan fingerprint density at radius 2 is 1.69 bits per heavy atom. The number of nitrogens with zero attached hydrogens (tertiary/aromatic N) is 4. The van der Waals surface area contributed by atoms with Gasteiger partial charge in [-0.1, -0.05) is 72.0 Å². The fourth-order valence-electron chi connectivity index (χ4n) is 3.79. The Kier molecular flexibility index (Phi) is 5.68. The van der Waals surface area contributed by atoms with Crippen molar-refractivity contribution >= 4 is 32.7 Å². The topological polar surface area (TPSA) is 77.3 Å². The zero-order valence-corrected chi connectivity index (χ0v) is 18.3. The van der Waals surface area contributed by atoms with Gasteiger partial charge in [-0.2, -0.15) is 5.10 Å². The molecule has 4 aromatic rings. The van der Waals surface area contributed by atoms with Crippen molar-refractivity contribution in [2.45, 2.75) is 26.0 Å². The van der Waals surface area contributed by atoms with Crippen molar-refractivity contribution in [2.24, 2.45) is 0 Å². The maximum absolute atomic E-state index is 13.2. The molecular formula is C24H22N4O3S. The summed E-state index contributed by atoms with van der Waals surface area (Å²) in [6.07, 6.45) is 2.24. The van der Waals surface area contributed by atoms with Gasteiger partial charge in [-0.05, 0) is 18.4 Å². The third-order valence-electron chi connectivity index (χ3n) is 5.43. The standard InChI is InChI=1S/C24H22N4O3S/c29-19(31-16-17-9-3-1-4-10-17)15-28-23(30)21-22(20(26-28)18-11-5-2-6-12-18)32-24(25-21)27-13-7-8-14-27/h1-6,9-12H,7-8,13-16H2. The lowest BCUT2D eigenvalue weighted by molar-refractivity contribution is -0.146. The lowest BCUT2D eigenvalue weighted by atomic mass is 10.1. The van der Waals surface area contributed by atoms with E-state index in [0.29, 0.717) is 11.2 Å². The molecule has 3 heterocycles. The Morgan fingerprint density at radius 3 is 2.41 bits per heavy atom. The highest BCUT2D eigenvalue weighted by Crippen LogP contribution is 2.34.